The Morgan fingerprint density at radius 2 is 1.94 bits per heavy atom. The predicted molar refractivity (Wildman–Crippen MR) is 69.8 cm³/mol. The van der Waals surface area contributed by atoms with E-state index in [-0.39, 0.29) is 6.04 Å². The van der Waals surface area contributed by atoms with E-state index in [0.29, 0.717) is 5.75 Å². The van der Waals surface area contributed by atoms with Crippen LogP contribution in [-0.2, 0) is 6.54 Å². The standard InChI is InChI=1S/C15H15NO2/c1-18-13-6-7-14-11(8-13)9-16-15(14)10-2-4-12(17)5-3-10/h2-8,15-17H,9H2,1H3. The van der Waals surface area contributed by atoms with Crippen LogP contribution in [0.3, 0.4) is 0 Å². The van der Waals surface area contributed by atoms with Gasteiger partial charge >= 0.3 is 0 Å². The first kappa shape index (κ1) is 11.1. The Hall–Kier alpha value is -2.00. The van der Waals surface area contributed by atoms with Gasteiger partial charge in [-0.05, 0) is 41.0 Å². The molecule has 0 saturated heterocycles. The Bertz CT molecular complexity index is 563. The van der Waals surface area contributed by atoms with E-state index < -0.39 is 0 Å². The highest BCUT2D eigenvalue weighted by Crippen LogP contribution is 2.33. The average molecular weight is 241 g/mol. The van der Waals surface area contributed by atoms with Crippen LogP contribution in [0.15, 0.2) is 42.5 Å². The smallest absolute Gasteiger partial charge is 0.119 e. The molecule has 1 atom stereocenters. The number of rotatable bonds is 2. The third-order valence-electron chi connectivity index (χ3n) is 3.38. The number of phenolic OH excluding ortho intramolecular Hbond substituents is 1. The number of ether oxygens (including phenoxy) is 1. The van der Waals surface area contributed by atoms with Gasteiger partial charge in [-0.1, -0.05) is 18.2 Å². The van der Waals surface area contributed by atoms with E-state index in [2.05, 4.69) is 17.4 Å². The normalized spacial score (nSPS) is 17.5. The Kier molecular flexibility index (Phi) is 2.68. The van der Waals surface area contributed by atoms with Gasteiger partial charge in [0.1, 0.15) is 11.5 Å². The number of aromatic hydroxyl groups is 1. The topological polar surface area (TPSA) is 41.5 Å². The van der Waals surface area contributed by atoms with Gasteiger partial charge in [0.05, 0.1) is 13.2 Å². The molecule has 1 heterocycles. The van der Waals surface area contributed by atoms with Crippen LogP contribution in [-0.4, -0.2) is 12.2 Å². The second-order valence-electron chi connectivity index (χ2n) is 4.47. The fourth-order valence-electron chi connectivity index (χ4n) is 2.43. The molecule has 2 aromatic carbocycles. The second-order valence-corrected chi connectivity index (χ2v) is 4.47. The van der Waals surface area contributed by atoms with Gasteiger partial charge in [0.25, 0.3) is 0 Å². The van der Waals surface area contributed by atoms with Gasteiger partial charge in [0.2, 0.25) is 0 Å². The van der Waals surface area contributed by atoms with E-state index in [4.69, 9.17) is 4.74 Å². The molecule has 3 nitrogen and oxygen atoms in total. The maximum Gasteiger partial charge on any atom is 0.119 e. The Balaban J connectivity index is 1.97. The Morgan fingerprint density at radius 3 is 2.67 bits per heavy atom. The van der Waals surface area contributed by atoms with Gasteiger partial charge in [0.15, 0.2) is 0 Å². The van der Waals surface area contributed by atoms with Gasteiger partial charge in [-0.2, -0.15) is 0 Å². The monoisotopic (exact) mass is 241 g/mol. The summed E-state index contributed by atoms with van der Waals surface area (Å²) < 4.78 is 5.24. The lowest BCUT2D eigenvalue weighted by Crippen LogP contribution is -2.12. The number of phenols is 1. The first-order valence-corrected chi connectivity index (χ1v) is 5.97. The van der Waals surface area contributed by atoms with Gasteiger partial charge in [0, 0.05) is 6.54 Å². The van der Waals surface area contributed by atoms with Crippen molar-refractivity contribution in [3.8, 4) is 11.5 Å². The van der Waals surface area contributed by atoms with E-state index in [0.717, 1.165) is 17.9 Å². The average Bonchev–Trinajstić information content (AvgIpc) is 2.82. The fourth-order valence-corrected chi connectivity index (χ4v) is 2.43. The van der Waals surface area contributed by atoms with Gasteiger partial charge in [-0.15, -0.1) is 0 Å². The predicted octanol–water partition coefficient (Wildman–Crippen LogP) is 2.59. The number of nitrogens with one attached hydrogen (secondary N) is 1. The molecule has 0 amide bonds. The summed E-state index contributed by atoms with van der Waals surface area (Å²) in [5, 5.41) is 12.8. The summed E-state index contributed by atoms with van der Waals surface area (Å²) in [5.74, 6) is 1.19. The number of hydrogen-bond donors (Lipinski definition) is 2. The minimum absolute atomic E-state index is 0.200. The fraction of sp³-hybridized carbons (Fsp3) is 0.200. The first-order valence-electron chi connectivity index (χ1n) is 5.97. The second kappa shape index (κ2) is 4.35. The van der Waals surface area contributed by atoms with Crippen molar-refractivity contribution in [1.82, 2.24) is 5.32 Å². The molecule has 18 heavy (non-hydrogen) atoms. The third kappa shape index (κ3) is 1.83. The van der Waals surface area contributed by atoms with E-state index in [9.17, 15) is 5.11 Å². The molecule has 0 fully saturated rings. The molecule has 92 valence electrons. The van der Waals surface area contributed by atoms with Gasteiger partial charge in [-0.25, -0.2) is 0 Å². The molecule has 0 bridgehead atoms. The zero-order valence-electron chi connectivity index (χ0n) is 10.2. The van der Waals surface area contributed by atoms with Crippen molar-refractivity contribution >= 4 is 0 Å². The lowest BCUT2D eigenvalue weighted by atomic mass is 9.98. The maximum atomic E-state index is 9.33. The van der Waals surface area contributed by atoms with Crippen LogP contribution < -0.4 is 10.1 Å². The van der Waals surface area contributed by atoms with Crippen LogP contribution in [0.4, 0.5) is 0 Å². The number of hydrogen-bond acceptors (Lipinski definition) is 3. The molecule has 2 aromatic rings. The lowest BCUT2D eigenvalue weighted by Gasteiger charge is -2.13. The minimum atomic E-state index is 0.200. The molecule has 0 aromatic heterocycles. The van der Waals surface area contributed by atoms with Crippen molar-refractivity contribution in [3.05, 3.63) is 59.2 Å². The molecule has 2 N–H and O–H groups in total. The van der Waals surface area contributed by atoms with Crippen LogP contribution in [0.5, 0.6) is 11.5 Å². The van der Waals surface area contributed by atoms with Crippen molar-refractivity contribution < 1.29 is 9.84 Å². The van der Waals surface area contributed by atoms with Crippen LogP contribution in [0.1, 0.15) is 22.7 Å². The SMILES string of the molecule is COc1ccc2c(c1)CNC2c1ccc(O)cc1. The van der Waals surface area contributed by atoms with E-state index >= 15 is 0 Å². The Morgan fingerprint density at radius 1 is 1.17 bits per heavy atom. The summed E-state index contributed by atoms with van der Waals surface area (Å²) in [7, 11) is 1.68. The highest BCUT2D eigenvalue weighted by Gasteiger charge is 2.23. The van der Waals surface area contributed by atoms with Crippen molar-refractivity contribution in [1.29, 1.82) is 0 Å². The highest BCUT2D eigenvalue weighted by atomic mass is 16.5. The minimum Gasteiger partial charge on any atom is -0.508 e. The largest absolute Gasteiger partial charge is 0.508 e. The van der Waals surface area contributed by atoms with Gasteiger partial charge < -0.3 is 15.2 Å². The molecular weight excluding hydrogens is 226 g/mol. The zero-order valence-corrected chi connectivity index (χ0v) is 10.2. The summed E-state index contributed by atoms with van der Waals surface area (Å²) in [6.45, 7) is 0.845. The molecule has 3 rings (SSSR count). The molecule has 3 heteroatoms. The summed E-state index contributed by atoms with van der Waals surface area (Å²) >= 11 is 0. The van der Waals surface area contributed by atoms with Crippen LogP contribution >= 0.6 is 0 Å². The molecule has 0 radical (unpaired) electrons. The third-order valence-corrected chi connectivity index (χ3v) is 3.38. The number of methoxy groups -OCH3 is 1. The molecule has 0 aliphatic carbocycles. The van der Waals surface area contributed by atoms with Crippen molar-refractivity contribution in [2.24, 2.45) is 0 Å². The Labute approximate surface area is 106 Å². The van der Waals surface area contributed by atoms with Gasteiger partial charge in [-0.3, -0.25) is 0 Å². The van der Waals surface area contributed by atoms with Crippen molar-refractivity contribution in [3.63, 3.8) is 0 Å². The number of fused-ring (bicyclic) bond motifs is 1. The van der Waals surface area contributed by atoms with Crippen molar-refractivity contribution in [2.45, 2.75) is 12.6 Å². The van der Waals surface area contributed by atoms with Crippen molar-refractivity contribution in [2.75, 3.05) is 7.11 Å². The zero-order chi connectivity index (χ0) is 12.5. The quantitative estimate of drug-likeness (QED) is 0.849. The molecule has 0 saturated carbocycles. The summed E-state index contributed by atoms with van der Waals surface area (Å²) in [5.41, 5.74) is 3.71. The first-order chi connectivity index (χ1) is 8.78. The summed E-state index contributed by atoms with van der Waals surface area (Å²) in [4.78, 5) is 0. The molecule has 0 spiro atoms. The van der Waals surface area contributed by atoms with Crippen LogP contribution in [0, 0.1) is 0 Å². The highest BCUT2D eigenvalue weighted by molar-refractivity contribution is 5.45. The summed E-state index contributed by atoms with van der Waals surface area (Å²) in [6, 6.07) is 13.7. The van der Waals surface area contributed by atoms with Crippen LogP contribution in [0.2, 0.25) is 0 Å². The molecule has 1 unspecified atom stereocenters. The molecular formula is C15H15NO2. The number of benzene rings is 2. The molecule has 1 aliphatic rings. The van der Waals surface area contributed by atoms with E-state index in [1.165, 1.54) is 11.1 Å². The molecule has 1 aliphatic heterocycles. The van der Waals surface area contributed by atoms with E-state index in [1.807, 2.05) is 18.2 Å². The summed E-state index contributed by atoms with van der Waals surface area (Å²) in [6.07, 6.45) is 0. The maximum absolute atomic E-state index is 9.33. The van der Waals surface area contributed by atoms with Crippen LogP contribution in [0.25, 0.3) is 0 Å². The van der Waals surface area contributed by atoms with E-state index in [1.54, 1.807) is 19.2 Å². The lowest BCUT2D eigenvalue weighted by molar-refractivity contribution is 0.414.